The van der Waals surface area contributed by atoms with E-state index >= 15 is 8.78 Å². The van der Waals surface area contributed by atoms with Crippen LogP contribution in [-0.4, -0.2) is 104 Å². The molecule has 2 aromatic carbocycles. The van der Waals surface area contributed by atoms with Gasteiger partial charge in [0.15, 0.2) is 12.6 Å². The average Bonchev–Trinajstić information content (AvgIpc) is 3.85. The van der Waals surface area contributed by atoms with Crippen molar-refractivity contribution in [1.29, 1.82) is 0 Å². The van der Waals surface area contributed by atoms with E-state index in [0.29, 0.717) is 42.5 Å². The maximum Gasteiger partial charge on any atom is 0.319 e. The van der Waals surface area contributed by atoms with Gasteiger partial charge in [0.25, 0.3) is 6.43 Å². The summed E-state index contributed by atoms with van der Waals surface area (Å²) in [7, 11) is -0.854. The van der Waals surface area contributed by atoms with E-state index in [4.69, 9.17) is 19.2 Å². The first kappa shape index (κ1) is 42.6. The van der Waals surface area contributed by atoms with Gasteiger partial charge in [-0.3, -0.25) is 9.88 Å². The van der Waals surface area contributed by atoms with Crippen LogP contribution in [0.5, 0.6) is 11.8 Å². The summed E-state index contributed by atoms with van der Waals surface area (Å²) >= 11 is 0. The number of alkyl halides is 3. The third-order valence-electron chi connectivity index (χ3n) is 13.8. The molecule has 4 aliphatic heterocycles. The number of anilines is 1. The summed E-state index contributed by atoms with van der Waals surface area (Å²) in [6, 6.07) is 5.93. The van der Waals surface area contributed by atoms with Gasteiger partial charge in [-0.2, -0.15) is 9.97 Å². The zero-order chi connectivity index (χ0) is 42.7. The Morgan fingerprint density at radius 2 is 1.77 bits per heavy atom. The summed E-state index contributed by atoms with van der Waals surface area (Å²) in [6.07, 6.45) is 0.573. The summed E-state index contributed by atoms with van der Waals surface area (Å²) in [5.74, 6) is 2.47. The third-order valence-corrected chi connectivity index (χ3v) is 20.1. The van der Waals surface area contributed by atoms with E-state index in [0.717, 1.165) is 19.4 Å². The van der Waals surface area contributed by atoms with Crippen molar-refractivity contribution in [3.63, 3.8) is 0 Å². The minimum atomic E-state index is -2.65. The zero-order valence-electron chi connectivity index (χ0n) is 35.5. The van der Waals surface area contributed by atoms with E-state index < -0.39 is 43.4 Å². The number of hydrogen-bond acceptors (Lipinski definition) is 9. The lowest BCUT2D eigenvalue weighted by Crippen LogP contribution is -2.63. The van der Waals surface area contributed by atoms with Crippen molar-refractivity contribution in [1.82, 2.24) is 25.2 Å². The van der Waals surface area contributed by atoms with Crippen molar-refractivity contribution in [2.24, 2.45) is 0 Å². The van der Waals surface area contributed by atoms with Crippen LogP contribution in [0, 0.1) is 23.1 Å². The van der Waals surface area contributed by atoms with Crippen molar-refractivity contribution in [3.8, 4) is 34.5 Å². The molecule has 60 heavy (non-hydrogen) atoms. The summed E-state index contributed by atoms with van der Waals surface area (Å²) < 4.78 is 95.4. The topological polar surface area (TPSA) is 84.9 Å². The van der Waals surface area contributed by atoms with Crippen LogP contribution in [0.3, 0.4) is 0 Å². The number of ether oxygens (including phenoxy) is 3. The maximum atomic E-state index is 17.7. The van der Waals surface area contributed by atoms with Gasteiger partial charge in [-0.15, -0.1) is 5.54 Å². The summed E-state index contributed by atoms with van der Waals surface area (Å²) in [4.78, 5) is 17.9. The van der Waals surface area contributed by atoms with E-state index in [2.05, 4.69) is 73.2 Å². The van der Waals surface area contributed by atoms with Gasteiger partial charge in [-0.25, -0.2) is 22.0 Å². The molecule has 4 aliphatic rings. The lowest BCUT2D eigenvalue weighted by molar-refractivity contribution is 0.0367. The molecular weight excluding hydrogens is 796 g/mol. The number of piperazine rings is 1. The van der Waals surface area contributed by atoms with Crippen molar-refractivity contribution in [2.45, 2.75) is 120 Å². The Kier molecular flexibility index (Phi) is 11.6. The molecule has 8 rings (SSSR count). The molecule has 4 atom stereocenters. The highest BCUT2D eigenvalue weighted by atomic mass is 28.3. The second-order valence-corrected chi connectivity index (χ2v) is 23.9. The number of fused-ring (bicyclic) bond motifs is 5. The molecule has 1 N–H and O–H groups in total. The fourth-order valence-electron chi connectivity index (χ4n) is 11.0. The highest BCUT2D eigenvalue weighted by Crippen LogP contribution is 2.45. The Bertz CT molecular complexity index is 2320. The highest BCUT2D eigenvalue weighted by Gasteiger charge is 2.52. The Balaban J connectivity index is 1.32. The first-order chi connectivity index (χ1) is 28.6. The first-order valence-electron chi connectivity index (χ1n) is 21.2. The molecule has 0 saturated carbocycles. The number of methoxy groups -OCH3 is 1. The van der Waals surface area contributed by atoms with Gasteiger partial charge in [-0.05, 0) is 72.4 Å². The monoisotopic (exact) mass is 850 g/mol. The van der Waals surface area contributed by atoms with Crippen molar-refractivity contribution in [2.75, 3.05) is 51.6 Å². The number of benzene rings is 2. The van der Waals surface area contributed by atoms with Gasteiger partial charge in [0, 0.05) is 56.4 Å². The standard InChI is InChI=1S/C45H55F5N6O3Si/c1-26(2)60(27(3)4,28(5)6)16-12-33-36(47)10-9-29-17-32(59-25-57-7)18-34(37(29)33)39-38(48)40-35(20-51-39)41(55-22-31-11-14-45(23-55,54-31)42(49)50)53-43(52-40)58-24-44-13-8-15-56(44)21-30(46)19-44/h9-10,17-18,20,26-28,30-31,42,54H,8,11,13-15,19,21-25H2,1-7H3/t30-,31?,44+,45?/m1/s1. The van der Waals surface area contributed by atoms with Crippen molar-refractivity contribution < 1.29 is 36.2 Å². The molecule has 4 saturated heterocycles. The molecule has 2 aromatic heterocycles. The van der Waals surface area contributed by atoms with Crippen LogP contribution in [-0.2, 0) is 4.74 Å². The molecule has 4 aromatic rings. The minimum absolute atomic E-state index is 0.0733. The quantitative estimate of drug-likeness (QED) is 0.0650. The number of rotatable bonds is 12. The molecule has 6 heterocycles. The Morgan fingerprint density at radius 1 is 1.00 bits per heavy atom. The summed E-state index contributed by atoms with van der Waals surface area (Å²) in [5, 5.41) is 4.26. The summed E-state index contributed by atoms with van der Waals surface area (Å²) in [6.45, 7) is 14.4. The van der Waals surface area contributed by atoms with Gasteiger partial charge >= 0.3 is 6.01 Å². The highest BCUT2D eigenvalue weighted by molar-refractivity contribution is 6.90. The van der Waals surface area contributed by atoms with Crippen molar-refractivity contribution in [3.05, 3.63) is 47.7 Å². The van der Waals surface area contributed by atoms with E-state index in [-0.39, 0.29) is 88.6 Å². The normalized spacial score (nSPS) is 24.4. The van der Waals surface area contributed by atoms with Crippen LogP contribution >= 0.6 is 0 Å². The maximum absolute atomic E-state index is 17.7. The zero-order valence-corrected chi connectivity index (χ0v) is 36.5. The van der Waals surface area contributed by atoms with E-state index in [9.17, 15) is 13.2 Å². The number of pyridine rings is 1. The second kappa shape index (κ2) is 16.3. The molecule has 2 bridgehead atoms. The van der Waals surface area contributed by atoms with E-state index in [1.807, 2.05) is 0 Å². The van der Waals surface area contributed by atoms with Gasteiger partial charge in [0.2, 0.25) is 0 Å². The smallest absolute Gasteiger partial charge is 0.319 e. The van der Waals surface area contributed by atoms with Crippen LogP contribution in [0.2, 0.25) is 16.6 Å². The van der Waals surface area contributed by atoms with Crippen LogP contribution in [0.1, 0.15) is 79.2 Å². The Hall–Kier alpha value is -4.10. The molecule has 4 fully saturated rings. The fourth-order valence-corrected chi connectivity index (χ4v) is 16.2. The Labute approximate surface area is 349 Å². The van der Waals surface area contributed by atoms with Gasteiger partial charge in [0.1, 0.15) is 49.4 Å². The molecule has 2 unspecified atom stereocenters. The predicted molar refractivity (Wildman–Crippen MR) is 226 cm³/mol. The average molecular weight is 851 g/mol. The number of nitrogens with one attached hydrogen (secondary N) is 1. The third kappa shape index (κ3) is 7.28. The van der Waals surface area contributed by atoms with Crippen molar-refractivity contribution >= 4 is 35.6 Å². The van der Waals surface area contributed by atoms with E-state index in [1.165, 1.54) is 19.4 Å². The molecule has 322 valence electrons. The lowest BCUT2D eigenvalue weighted by Gasteiger charge is -2.41. The number of halogens is 5. The number of nitrogens with zero attached hydrogens (tertiary/aromatic N) is 5. The largest absolute Gasteiger partial charge is 0.468 e. The van der Waals surface area contributed by atoms with Crippen LogP contribution in [0.25, 0.3) is 32.9 Å². The second-order valence-electron chi connectivity index (χ2n) is 18.3. The Morgan fingerprint density at radius 3 is 2.48 bits per heavy atom. The van der Waals surface area contributed by atoms with Crippen LogP contribution in [0.15, 0.2) is 30.5 Å². The van der Waals surface area contributed by atoms with Crippen LogP contribution < -0.4 is 19.7 Å². The minimum Gasteiger partial charge on any atom is -0.468 e. The number of hydrogen-bond donors (Lipinski definition) is 1. The lowest BCUT2D eigenvalue weighted by atomic mass is 9.95. The fraction of sp³-hybridized carbons (Fsp3) is 0.578. The van der Waals surface area contributed by atoms with Gasteiger partial charge < -0.3 is 24.4 Å². The van der Waals surface area contributed by atoms with Gasteiger partial charge in [0.05, 0.1) is 22.0 Å². The molecule has 0 aliphatic carbocycles. The molecule has 0 radical (unpaired) electrons. The number of aromatic nitrogens is 3. The molecule has 0 spiro atoms. The SMILES string of the molecule is COCOc1cc(-c2ncc3c(N4CC5CCC(C(F)F)(C4)N5)nc(OC[C@@]45CCCN4C[C@H](F)C5)nc3c2F)c2c(C#C[Si](C(C)C)(C(C)C)C(C)C)c(F)ccc2c1. The first-order valence-corrected chi connectivity index (χ1v) is 23.4. The molecular formula is C45H55F5N6O3Si. The summed E-state index contributed by atoms with van der Waals surface area (Å²) in [5.41, 5.74) is 2.57. The predicted octanol–water partition coefficient (Wildman–Crippen LogP) is 9.21. The molecule has 15 heteroatoms. The van der Waals surface area contributed by atoms with E-state index in [1.54, 1.807) is 23.1 Å². The van der Waals surface area contributed by atoms with Crippen LogP contribution in [0.4, 0.5) is 27.8 Å². The molecule has 9 nitrogen and oxygen atoms in total. The van der Waals surface area contributed by atoms with Gasteiger partial charge in [-0.1, -0.05) is 53.5 Å². The molecule has 0 amide bonds.